The fraction of sp³-hybridized carbons (Fsp3) is 0.273. The lowest BCUT2D eigenvalue weighted by Crippen LogP contribution is -2.47. The number of anilines is 3. The number of fused-ring (bicyclic) bond motifs is 1. The van der Waals surface area contributed by atoms with Crippen molar-refractivity contribution >= 4 is 23.0 Å². The standard InChI is InChI=1S/C22H22N6O4/c29-28(30)20-21(23-13-16-6-7-18-19(12-16)32-15-31-18)24-14-25-22(20)27-10-8-26(9-11-27)17-4-2-1-3-5-17/h1-7,12,14H,8-11,13,15H2,(H,23,24,25). The number of nitrogens with zero attached hydrogens (tertiary/aromatic N) is 5. The first-order valence-electron chi connectivity index (χ1n) is 10.4. The van der Waals surface area contributed by atoms with Gasteiger partial charge in [0.05, 0.1) is 4.92 Å². The van der Waals surface area contributed by atoms with Crippen molar-refractivity contribution in [3.8, 4) is 11.5 Å². The second-order valence-electron chi connectivity index (χ2n) is 7.50. The lowest BCUT2D eigenvalue weighted by Gasteiger charge is -2.36. The zero-order valence-electron chi connectivity index (χ0n) is 17.3. The molecule has 10 heteroatoms. The lowest BCUT2D eigenvalue weighted by atomic mass is 10.2. The molecule has 0 spiro atoms. The van der Waals surface area contributed by atoms with E-state index in [0.717, 1.165) is 24.3 Å². The van der Waals surface area contributed by atoms with Crippen molar-refractivity contribution in [2.75, 3.05) is 48.1 Å². The van der Waals surface area contributed by atoms with Crippen LogP contribution >= 0.6 is 0 Å². The van der Waals surface area contributed by atoms with Gasteiger partial charge in [0.25, 0.3) is 0 Å². The molecule has 0 amide bonds. The van der Waals surface area contributed by atoms with Crippen molar-refractivity contribution in [3.05, 3.63) is 70.5 Å². The van der Waals surface area contributed by atoms with Crippen LogP contribution in [0.25, 0.3) is 0 Å². The quantitative estimate of drug-likeness (QED) is 0.463. The maximum atomic E-state index is 11.9. The van der Waals surface area contributed by atoms with E-state index in [1.54, 1.807) is 0 Å². The number of benzene rings is 2. The third-order valence-electron chi connectivity index (χ3n) is 5.58. The van der Waals surface area contributed by atoms with Crippen LogP contribution in [0, 0.1) is 10.1 Å². The normalized spacial score (nSPS) is 15.0. The first kappa shape index (κ1) is 19.9. The summed E-state index contributed by atoms with van der Waals surface area (Å²) < 4.78 is 10.7. The average molecular weight is 434 g/mol. The van der Waals surface area contributed by atoms with Crippen molar-refractivity contribution in [2.45, 2.75) is 6.54 Å². The predicted molar refractivity (Wildman–Crippen MR) is 119 cm³/mol. The number of nitro groups is 1. The van der Waals surface area contributed by atoms with E-state index in [1.165, 1.54) is 6.33 Å². The molecule has 3 heterocycles. The molecule has 32 heavy (non-hydrogen) atoms. The fourth-order valence-corrected chi connectivity index (χ4v) is 3.95. The van der Waals surface area contributed by atoms with Crippen LogP contribution in [0.2, 0.25) is 0 Å². The van der Waals surface area contributed by atoms with E-state index in [9.17, 15) is 10.1 Å². The van der Waals surface area contributed by atoms with Crippen molar-refractivity contribution in [2.24, 2.45) is 0 Å². The van der Waals surface area contributed by atoms with Gasteiger partial charge >= 0.3 is 5.69 Å². The van der Waals surface area contributed by atoms with Gasteiger partial charge in [-0.2, -0.15) is 0 Å². The Labute approximate surface area is 184 Å². The summed E-state index contributed by atoms with van der Waals surface area (Å²) in [6, 6.07) is 15.7. The summed E-state index contributed by atoms with van der Waals surface area (Å²) in [6.45, 7) is 3.33. The van der Waals surface area contributed by atoms with Crippen LogP contribution in [0.4, 0.5) is 23.0 Å². The minimum atomic E-state index is -0.416. The van der Waals surface area contributed by atoms with Crippen molar-refractivity contribution in [3.63, 3.8) is 0 Å². The third-order valence-corrected chi connectivity index (χ3v) is 5.58. The number of rotatable bonds is 6. The Morgan fingerprint density at radius 1 is 0.969 bits per heavy atom. The monoisotopic (exact) mass is 434 g/mol. The molecular weight excluding hydrogens is 412 g/mol. The first-order valence-corrected chi connectivity index (χ1v) is 10.4. The topological polar surface area (TPSA) is 106 Å². The number of nitrogens with one attached hydrogen (secondary N) is 1. The first-order chi connectivity index (χ1) is 15.7. The molecule has 164 valence electrons. The smallest absolute Gasteiger partial charge is 0.353 e. The van der Waals surface area contributed by atoms with E-state index in [1.807, 2.05) is 41.3 Å². The number of hydrogen-bond acceptors (Lipinski definition) is 9. The molecule has 3 aromatic rings. The zero-order chi connectivity index (χ0) is 21.9. The molecular formula is C22H22N6O4. The van der Waals surface area contributed by atoms with Crippen LogP contribution in [0.15, 0.2) is 54.9 Å². The van der Waals surface area contributed by atoms with Crippen molar-refractivity contribution in [1.29, 1.82) is 0 Å². The molecule has 1 N–H and O–H groups in total. The van der Waals surface area contributed by atoms with Gasteiger partial charge in [-0.15, -0.1) is 0 Å². The molecule has 0 saturated carbocycles. The summed E-state index contributed by atoms with van der Waals surface area (Å²) in [4.78, 5) is 24.2. The van der Waals surface area contributed by atoms with Crippen LogP contribution in [-0.4, -0.2) is 47.9 Å². The Kier molecular flexibility index (Phi) is 5.32. The largest absolute Gasteiger partial charge is 0.454 e. The minimum absolute atomic E-state index is 0.110. The molecule has 0 bridgehead atoms. The van der Waals surface area contributed by atoms with Crippen LogP contribution in [0.5, 0.6) is 11.5 Å². The second-order valence-corrected chi connectivity index (χ2v) is 7.50. The predicted octanol–water partition coefficient (Wildman–Crippen LogP) is 3.05. The van der Waals surface area contributed by atoms with Crippen LogP contribution in [-0.2, 0) is 6.54 Å². The van der Waals surface area contributed by atoms with Crippen molar-refractivity contribution < 1.29 is 14.4 Å². The molecule has 2 aliphatic heterocycles. The molecule has 10 nitrogen and oxygen atoms in total. The Morgan fingerprint density at radius 3 is 2.50 bits per heavy atom. The summed E-state index contributed by atoms with van der Waals surface area (Å²) in [5, 5.41) is 15.0. The maximum absolute atomic E-state index is 11.9. The zero-order valence-corrected chi connectivity index (χ0v) is 17.3. The number of ether oxygens (including phenoxy) is 2. The molecule has 0 radical (unpaired) electrons. The number of hydrogen-bond donors (Lipinski definition) is 1. The van der Waals surface area contributed by atoms with Gasteiger partial charge in [0.15, 0.2) is 11.5 Å². The lowest BCUT2D eigenvalue weighted by molar-refractivity contribution is -0.383. The Bertz CT molecular complexity index is 1120. The third kappa shape index (κ3) is 3.94. The van der Waals surface area contributed by atoms with E-state index in [-0.39, 0.29) is 18.3 Å². The van der Waals surface area contributed by atoms with Gasteiger partial charge in [-0.05, 0) is 29.8 Å². The van der Waals surface area contributed by atoms with E-state index in [4.69, 9.17) is 9.47 Å². The molecule has 0 atom stereocenters. The average Bonchev–Trinajstić information content (AvgIpc) is 3.31. The molecule has 1 aromatic heterocycles. The molecule has 1 saturated heterocycles. The molecule has 1 fully saturated rings. The molecule has 2 aliphatic rings. The Balaban J connectivity index is 1.32. The van der Waals surface area contributed by atoms with Gasteiger partial charge in [-0.3, -0.25) is 10.1 Å². The minimum Gasteiger partial charge on any atom is -0.454 e. The van der Waals surface area contributed by atoms with Gasteiger partial charge in [0.1, 0.15) is 6.33 Å². The Hall–Kier alpha value is -4.08. The highest BCUT2D eigenvalue weighted by Gasteiger charge is 2.29. The van der Waals surface area contributed by atoms with Gasteiger partial charge in [-0.25, -0.2) is 9.97 Å². The van der Waals surface area contributed by atoms with Crippen LogP contribution < -0.4 is 24.6 Å². The van der Waals surface area contributed by atoms with E-state index >= 15 is 0 Å². The van der Waals surface area contributed by atoms with Gasteiger partial charge in [-0.1, -0.05) is 24.3 Å². The Morgan fingerprint density at radius 2 is 1.72 bits per heavy atom. The summed E-state index contributed by atoms with van der Waals surface area (Å²) in [7, 11) is 0. The molecule has 0 unspecified atom stereocenters. The highest BCUT2D eigenvalue weighted by molar-refractivity contribution is 5.70. The van der Waals surface area contributed by atoms with Crippen LogP contribution in [0.1, 0.15) is 5.56 Å². The highest BCUT2D eigenvalue weighted by atomic mass is 16.7. The van der Waals surface area contributed by atoms with Gasteiger partial charge < -0.3 is 24.6 Å². The van der Waals surface area contributed by atoms with Gasteiger partial charge in [0, 0.05) is 38.4 Å². The summed E-state index contributed by atoms with van der Waals surface area (Å²) in [5.41, 5.74) is 1.94. The number of aromatic nitrogens is 2. The van der Waals surface area contributed by atoms with E-state index in [2.05, 4.69) is 32.3 Å². The summed E-state index contributed by atoms with van der Waals surface area (Å²) in [6.07, 6.45) is 1.37. The maximum Gasteiger partial charge on any atom is 0.353 e. The van der Waals surface area contributed by atoms with Crippen molar-refractivity contribution in [1.82, 2.24) is 9.97 Å². The SMILES string of the molecule is O=[N+]([O-])c1c(NCc2ccc3c(c2)OCO3)ncnc1N1CCN(c2ccccc2)CC1. The molecule has 2 aromatic carbocycles. The van der Waals surface area contributed by atoms with E-state index in [0.29, 0.717) is 37.0 Å². The number of piperazine rings is 1. The summed E-state index contributed by atoms with van der Waals surface area (Å²) >= 11 is 0. The van der Waals surface area contributed by atoms with Crippen LogP contribution in [0.3, 0.4) is 0 Å². The second kappa shape index (κ2) is 8.58. The molecule has 0 aliphatic carbocycles. The highest BCUT2D eigenvalue weighted by Crippen LogP contribution is 2.35. The van der Waals surface area contributed by atoms with E-state index < -0.39 is 4.92 Å². The number of para-hydroxylation sites is 1. The summed E-state index contributed by atoms with van der Waals surface area (Å²) in [5.74, 6) is 1.89. The molecule has 5 rings (SSSR count). The fourth-order valence-electron chi connectivity index (χ4n) is 3.95. The van der Waals surface area contributed by atoms with Gasteiger partial charge in [0.2, 0.25) is 18.4 Å².